The van der Waals surface area contributed by atoms with Gasteiger partial charge in [-0.1, -0.05) is 42.8 Å². The number of benzene rings is 2. The fourth-order valence-electron chi connectivity index (χ4n) is 3.25. The van der Waals surface area contributed by atoms with E-state index in [1.165, 1.54) is 4.90 Å². The summed E-state index contributed by atoms with van der Waals surface area (Å²) in [7, 11) is -3.74. The lowest BCUT2D eigenvalue weighted by Gasteiger charge is -2.31. The second-order valence-electron chi connectivity index (χ2n) is 7.51. The zero-order valence-corrected chi connectivity index (χ0v) is 20.4. The van der Waals surface area contributed by atoms with Crippen molar-refractivity contribution in [1.29, 1.82) is 0 Å². The average molecular weight is 480 g/mol. The number of nitrogens with one attached hydrogen (secondary N) is 1. The van der Waals surface area contributed by atoms with E-state index in [1.807, 2.05) is 19.1 Å². The van der Waals surface area contributed by atoms with Crippen molar-refractivity contribution in [3.8, 4) is 0 Å². The molecule has 2 aromatic rings. The number of carbonyl (C=O) groups excluding carboxylic acids is 2. The lowest BCUT2D eigenvalue weighted by molar-refractivity contribution is -0.139. The number of nitrogens with zero attached hydrogens (tertiary/aromatic N) is 2. The summed E-state index contributed by atoms with van der Waals surface area (Å²) in [5.74, 6) is -0.810. The Bertz CT molecular complexity index is 1040. The van der Waals surface area contributed by atoms with Gasteiger partial charge in [-0.15, -0.1) is 0 Å². The van der Waals surface area contributed by atoms with Crippen molar-refractivity contribution in [3.05, 3.63) is 64.7 Å². The topological polar surface area (TPSA) is 86.8 Å². The molecule has 0 aliphatic carbocycles. The zero-order valence-electron chi connectivity index (χ0n) is 18.8. The van der Waals surface area contributed by atoms with Gasteiger partial charge >= 0.3 is 0 Å². The van der Waals surface area contributed by atoms with Gasteiger partial charge in [-0.2, -0.15) is 0 Å². The molecule has 2 aromatic carbocycles. The third kappa shape index (κ3) is 6.97. The molecule has 2 rings (SSSR count). The highest BCUT2D eigenvalue weighted by Crippen LogP contribution is 2.20. The molecule has 0 heterocycles. The van der Waals surface area contributed by atoms with Crippen molar-refractivity contribution in [2.75, 3.05) is 23.7 Å². The summed E-state index contributed by atoms with van der Waals surface area (Å²) in [5.41, 5.74) is 2.19. The van der Waals surface area contributed by atoms with Crippen LogP contribution in [0.2, 0.25) is 5.02 Å². The maximum atomic E-state index is 13.3. The van der Waals surface area contributed by atoms with Gasteiger partial charge in [0.1, 0.15) is 12.6 Å². The molecular weight excluding hydrogens is 450 g/mol. The Balaban J connectivity index is 2.37. The van der Waals surface area contributed by atoms with Crippen LogP contribution in [0.1, 0.15) is 31.9 Å². The second kappa shape index (κ2) is 11.3. The third-order valence-corrected chi connectivity index (χ3v) is 6.45. The SMILES string of the molecule is CCNC(=O)C(C)N(Cc1cccc(Cl)c1)C(=O)CN(c1ccc(CC)cc1)S(C)(=O)=O. The van der Waals surface area contributed by atoms with Crippen LogP contribution < -0.4 is 9.62 Å². The summed E-state index contributed by atoms with van der Waals surface area (Å²) in [6.45, 7) is 5.52. The maximum Gasteiger partial charge on any atom is 0.244 e. The average Bonchev–Trinajstić information content (AvgIpc) is 2.74. The Kier molecular flexibility index (Phi) is 9.09. The summed E-state index contributed by atoms with van der Waals surface area (Å²) in [5, 5.41) is 3.22. The van der Waals surface area contributed by atoms with Crippen molar-refractivity contribution in [2.45, 2.75) is 39.8 Å². The molecule has 0 saturated carbocycles. The van der Waals surface area contributed by atoms with Crippen molar-refractivity contribution in [1.82, 2.24) is 10.2 Å². The molecule has 0 saturated heterocycles. The highest BCUT2D eigenvalue weighted by molar-refractivity contribution is 7.92. The van der Waals surface area contributed by atoms with E-state index in [0.717, 1.165) is 28.1 Å². The van der Waals surface area contributed by atoms with Crippen molar-refractivity contribution >= 4 is 39.1 Å². The number of likely N-dealkylation sites (N-methyl/N-ethyl adjacent to an activating group) is 1. The van der Waals surface area contributed by atoms with Crippen LogP contribution in [0.15, 0.2) is 48.5 Å². The molecular formula is C23H30ClN3O4S. The monoisotopic (exact) mass is 479 g/mol. The van der Waals surface area contributed by atoms with Crippen molar-refractivity contribution < 1.29 is 18.0 Å². The molecule has 1 unspecified atom stereocenters. The first-order valence-corrected chi connectivity index (χ1v) is 12.7. The number of anilines is 1. The van der Waals surface area contributed by atoms with Crippen molar-refractivity contribution in [3.63, 3.8) is 0 Å². The lowest BCUT2D eigenvalue weighted by atomic mass is 10.1. The van der Waals surface area contributed by atoms with Crippen molar-refractivity contribution in [2.24, 2.45) is 0 Å². The lowest BCUT2D eigenvalue weighted by Crippen LogP contribution is -2.51. The summed E-state index contributed by atoms with van der Waals surface area (Å²) in [4.78, 5) is 27.2. The molecule has 0 aliphatic heterocycles. The van der Waals surface area contributed by atoms with E-state index < -0.39 is 28.5 Å². The molecule has 0 radical (unpaired) electrons. The Morgan fingerprint density at radius 1 is 1.06 bits per heavy atom. The molecule has 174 valence electrons. The molecule has 0 bridgehead atoms. The Hall–Kier alpha value is -2.58. The quantitative estimate of drug-likeness (QED) is 0.566. The minimum Gasteiger partial charge on any atom is -0.355 e. The van der Waals surface area contributed by atoms with Crippen LogP contribution in [0.5, 0.6) is 0 Å². The number of aryl methyl sites for hydroxylation is 1. The van der Waals surface area contributed by atoms with E-state index in [9.17, 15) is 18.0 Å². The van der Waals surface area contributed by atoms with Gasteiger partial charge in [0.2, 0.25) is 21.8 Å². The third-order valence-electron chi connectivity index (χ3n) is 5.07. The predicted molar refractivity (Wildman–Crippen MR) is 128 cm³/mol. The highest BCUT2D eigenvalue weighted by Gasteiger charge is 2.29. The minimum atomic E-state index is -3.74. The number of carbonyl (C=O) groups is 2. The second-order valence-corrected chi connectivity index (χ2v) is 9.85. The Morgan fingerprint density at radius 2 is 1.72 bits per heavy atom. The van der Waals surface area contributed by atoms with Crippen LogP contribution in [-0.2, 0) is 32.6 Å². The van der Waals surface area contributed by atoms with Gasteiger partial charge in [0.15, 0.2) is 0 Å². The molecule has 0 aliphatic rings. The van der Waals surface area contributed by atoms with Crippen LogP contribution in [0.4, 0.5) is 5.69 Å². The van der Waals surface area contributed by atoms with Crippen LogP contribution in [0.3, 0.4) is 0 Å². The van der Waals surface area contributed by atoms with Gasteiger partial charge in [0.05, 0.1) is 11.9 Å². The molecule has 0 spiro atoms. The van der Waals surface area contributed by atoms with Gasteiger partial charge in [-0.3, -0.25) is 13.9 Å². The number of halogens is 1. The molecule has 1 N–H and O–H groups in total. The molecule has 2 amide bonds. The highest BCUT2D eigenvalue weighted by atomic mass is 35.5. The van der Waals surface area contributed by atoms with Crippen LogP contribution in [-0.4, -0.2) is 50.5 Å². The largest absolute Gasteiger partial charge is 0.355 e. The fraction of sp³-hybridized carbons (Fsp3) is 0.391. The van der Waals surface area contributed by atoms with E-state index in [1.54, 1.807) is 50.2 Å². The first-order chi connectivity index (χ1) is 15.1. The van der Waals surface area contributed by atoms with Crippen LogP contribution in [0.25, 0.3) is 0 Å². The van der Waals surface area contributed by atoms with E-state index in [4.69, 9.17) is 11.6 Å². The van der Waals surface area contributed by atoms with Gasteiger partial charge in [0, 0.05) is 18.1 Å². The van der Waals surface area contributed by atoms with Gasteiger partial charge in [-0.05, 0) is 55.7 Å². The fourth-order valence-corrected chi connectivity index (χ4v) is 4.31. The molecule has 0 fully saturated rings. The van der Waals surface area contributed by atoms with Gasteiger partial charge < -0.3 is 10.2 Å². The molecule has 0 aromatic heterocycles. The molecule has 7 nitrogen and oxygen atoms in total. The summed E-state index contributed by atoms with van der Waals surface area (Å²) >= 11 is 6.08. The number of sulfonamides is 1. The number of amides is 2. The molecule has 32 heavy (non-hydrogen) atoms. The Morgan fingerprint density at radius 3 is 2.25 bits per heavy atom. The minimum absolute atomic E-state index is 0.115. The molecule has 1 atom stereocenters. The normalized spacial score (nSPS) is 12.2. The number of rotatable bonds is 10. The first-order valence-electron chi connectivity index (χ1n) is 10.4. The van der Waals surface area contributed by atoms with E-state index >= 15 is 0 Å². The van der Waals surface area contributed by atoms with E-state index in [2.05, 4.69) is 5.32 Å². The van der Waals surface area contributed by atoms with Crippen LogP contribution >= 0.6 is 11.6 Å². The number of hydrogen-bond acceptors (Lipinski definition) is 4. The zero-order chi connectivity index (χ0) is 23.9. The van der Waals surface area contributed by atoms with Crippen LogP contribution in [0, 0.1) is 0 Å². The van der Waals surface area contributed by atoms with Gasteiger partial charge in [-0.25, -0.2) is 8.42 Å². The summed E-state index contributed by atoms with van der Waals surface area (Å²) < 4.78 is 26.1. The first kappa shape index (κ1) is 25.7. The van der Waals surface area contributed by atoms with Gasteiger partial charge in [0.25, 0.3) is 0 Å². The smallest absolute Gasteiger partial charge is 0.244 e. The summed E-state index contributed by atoms with van der Waals surface area (Å²) in [6.07, 6.45) is 1.87. The predicted octanol–water partition coefficient (Wildman–Crippen LogP) is 3.22. The van der Waals surface area contributed by atoms with E-state index in [0.29, 0.717) is 17.3 Å². The Labute approximate surface area is 195 Å². The molecule has 9 heteroatoms. The number of hydrogen-bond donors (Lipinski definition) is 1. The van der Waals surface area contributed by atoms with E-state index in [-0.39, 0.29) is 12.5 Å². The summed E-state index contributed by atoms with van der Waals surface area (Å²) in [6, 6.07) is 13.2. The standard InChI is InChI=1S/C23H30ClN3O4S/c1-5-18-10-12-21(13-11-18)27(32(4,30)31)16-22(28)26(17(3)23(29)25-6-2)15-19-8-7-9-20(24)14-19/h7-14,17H,5-6,15-16H2,1-4H3,(H,25,29). The maximum absolute atomic E-state index is 13.3.